The maximum absolute atomic E-state index is 7.60. The molecule has 0 spiro atoms. The van der Waals surface area contributed by atoms with Crippen LogP contribution in [0.2, 0.25) is 0 Å². The molecule has 0 aliphatic carbocycles. The lowest BCUT2D eigenvalue weighted by Crippen LogP contribution is -2.04. The third kappa shape index (κ3) is 20.4. The van der Waals surface area contributed by atoms with Gasteiger partial charge >= 0.3 is 0 Å². The SMILES string of the molecule is C=C(/C(C)=C(/C)C(C)=N)C(C)CCCC.C=C(C)CCCC.CC.CCc1ccc(C)cc1. The number of aryl methyl sites for hydroxylation is 2. The van der Waals surface area contributed by atoms with Crippen LogP contribution in [0.4, 0.5) is 0 Å². The van der Waals surface area contributed by atoms with Crippen LogP contribution in [0.3, 0.4) is 0 Å². The van der Waals surface area contributed by atoms with Gasteiger partial charge in [-0.1, -0.05) is 103 Å². The first-order valence-corrected chi connectivity index (χ1v) is 13.1. The molecule has 0 saturated heterocycles. The Morgan fingerprint density at radius 1 is 0.848 bits per heavy atom. The number of hydrogen-bond donors (Lipinski definition) is 1. The average Bonchev–Trinajstić information content (AvgIpc) is 2.82. The van der Waals surface area contributed by atoms with Crippen LogP contribution in [-0.4, -0.2) is 5.71 Å². The highest BCUT2D eigenvalue weighted by Gasteiger charge is 2.10. The van der Waals surface area contributed by atoms with Gasteiger partial charge in [0.05, 0.1) is 0 Å². The Balaban J connectivity index is -0.000000425. The molecule has 0 fully saturated rings. The Morgan fingerprint density at radius 2 is 1.33 bits per heavy atom. The summed E-state index contributed by atoms with van der Waals surface area (Å²) in [6, 6.07) is 8.66. The Morgan fingerprint density at radius 3 is 1.67 bits per heavy atom. The van der Waals surface area contributed by atoms with E-state index < -0.39 is 0 Å². The van der Waals surface area contributed by atoms with Gasteiger partial charge in [-0.05, 0) is 88.5 Å². The van der Waals surface area contributed by atoms with Crippen LogP contribution < -0.4 is 0 Å². The molecule has 190 valence electrons. The highest BCUT2D eigenvalue weighted by Crippen LogP contribution is 2.24. The summed E-state index contributed by atoms with van der Waals surface area (Å²) in [7, 11) is 0. The average molecular weight is 456 g/mol. The summed E-state index contributed by atoms with van der Waals surface area (Å²) in [5, 5.41) is 7.60. The molecule has 0 radical (unpaired) electrons. The van der Waals surface area contributed by atoms with Crippen molar-refractivity contribution >= 4 is 5.71 Å². The fraction of sp³-hybridized carbons (Fsp3) is 0.594. The Kier molecular flexibility index (Phi) is 25.2. The third-order valence-corrected chi connectivity index (χ3v) is 5.68. The van der Waals surface area contributed by atoms with Crippen LogP contribution in [0, 0.1) is 18.3 Å². The number of unbranched alkanes of at least 4 members (excludes halogenated alkanes) is 2. The zero-order valence-corrected chi connectivity index (χ0v) is 24.3. The third-order valence-electron chi connectivity index (χ3n) is 5.68. The summed E-state index contributed by atoms with van der Waals surface area (Å²) in [5.74, 6) is 0.541. The predicted molar refractivity (Wildman–Crippen MR) is 156 cm³/mol. The van der Waals surface area contributed by atoms with E-state index in [9.17, 15) is 0 Å². The first kappa shape index (κ1) is 35.7. The number of rotatable bonds is 10. The first-order chi connectivity index (χ1) is 15.5. The zero-order chi connectivity index (χ0) is 26.4. The lowest BCUT2D eigenvalue weighted by Gasteiger charge is -2.17. The molecule has 0 saturated carbocycles. The van der Waals surface area contributed by atoms with Crippen molar-refractivity contribution in [1.82, 2.24) is 0 Å². The number of benzene rings is 1. The van der Waals surface area contributed by atoms with Gasteiger partial charge in [-0.2, -0.15) is 0 Å². The van der Waals surface area contributed by atoms with Crippen molar-refractivity contribution in [3.63, 3.8) is 0 Å². The van der Waals surface area contributed by atoms with Gasteiger partial charge in [-0.15, -0.1) is 6.58 Å². The minimum atomic E-state index is 0.541. The van der Waals surface area contributed by atoms with Gasteiger partial charge in [-0.25, -0.2) is 0 Å². The van der Waals surface area contributed by atoms with E-state index in [2.05, 4.69) is 85.9 Å². The maximum atomic E-state index is 7.60. The molecule has 1 aromatic rings. The van der Waals surface area contributed by atoms with E-state index in [0.717, 1.165) is 12.0 Å². The van der Waals surface area contributed by atoms with Crippen molar-refractivity contribution in [1.29, 1.82) is 5.41 Å². The quantitative estimate of drug-likeness (QED) is 0.206. The summed E-state index contributed by atoms with van der Waals surface area (Å²) in [6.07, 6.45) is 8.63. The minimum absolute atomic E-state index is 0.541. The first-order valence-electron chi connectivity index (χ1n) is 13.1. The minimum Gasteiger partial charge on any atom is -0.305 e. The molecule has 1 N–H and O–H groups in total. The molecule has 33 heavy (non-hydrogen) atoms. The summed E-state index contributed by atoms with van der Waals surface area (Å²) in [4.78, 5) is 0. The van der Waals surface area contributed by atoms with Crippen LogP contribution in [0.25, 0.3) is 0 Å². The lowest BCUT2D eigenvalue weighted by molar-refractivity contribution is 0.577. The monoisotopic (exact) mass is 455 g/mol. The summed E-state index contributed by atoms with van der Waals surface area (Å²) in [5.41, 5.74) is 8.19. The fourth-order valence-corrected chi connectivity index (χ4v) is 2.88. The van der Waals surface area contributed by atoms with Gasteiger partial charge in [0.2, 0.25) is 0 Å². The molecule has 0 aliphatic heterocycles. The van der Waals surface area contributed by atoms with Crippen molar-refractivity contribution in [3.8, 4) is 0 Å². The van der Waals surface area contributed by atoms with E-state index in [4.69, 9.17) is 5.41 Å². The molecule has 0 heterocycles. The number of nitrogens with one attached hydrogen (secondary N) is 1. The van der Waals surface area contributed by atoms with Crippen molar-refractivity contribution in [2.75, 3.05) is 0 Å². The van der Waals surface area contributed by atoms with Crippen LogP contribution in [-0.2, 0) is 6.42 Å². The van der Waals surface area contributed by atoms with Gasteiger partial charge in [-0.3, -0.25) is 0 Å². The molecule has 1 aromatic carbocycles. The van der Waals surface area contributed by atoms with E-state index in [1.54, 1.807) is 0 Å². The molecule has 0 aromatic heterocycles. The second-order valence-corrected chi connectivity index (χ2v) is 8.84. The van der Waals surface area contributed by atoms with E-state index >= 15 is 0 Å². The molecule has 1 unspecified atom stereocenters. The maximum Gasteiger partial charge on any atom is 0.0314 e. The second-order valence-electron chi connectivity index (χ2n) is 8.84. The van der Waals surface area contributed by atoms with Gasteiger partial charge in [0.1, 0.15) is 0 Å². The van der Waals surface area contributed by atoms with E-state index in [0.29, 0.717) is 11.6 Å². The Bertz CT molecular complexity index is 673. The Hall–Kier alpha value is -1.89. The second kappa shape index (κ2) is 23.3. The van der Waals surface area contributed by atoms with Gasteiger partial charge in [0, 0.05) is 5.71 Å². The van der Waals surface area contributed by atoms with Crippen LogP contribution in [0.15, 0.2) is 59.7 Å². The van der Waals surface area contributed by atoms with Crippen molar-refractivity contribution in [2.45, 2.75) is 121 Å². The number of hydrogen-bond acceptors (Lipinski definition) is 1. The van der Waals surface area contributed by atoms with Crippen LogP contribution >= 0.6 is 0 Å². The fourth-order valence-electron chi connectivity index (χ4n) is 2.88. The molecular weight excluding hydrogens is 398 g/mol. The number of allylic oxidation sites excluding steroid dienone is 4. The van der Waals surface area contributed by atoms with Gasteiger partial charge in [0.25, 0.3) is 0 Å². The van der Waals surface area contributed by atoms with Crippen molar-refractivity contribution in [2.24, 2.45) is 5.92 Å². The van der Waals surface area contributed by atoms with E-state index in [-0.39, 0.29) is 0 Å². The molecule has 1 heteroatoms. The van der Waals surface area contributed by atoms with Gasteiger partial charge in [0.15, 0.2) is 0 Å². The molecule has 1 nitrogen and oxygen atoms in total. The molecule has 1 rings (SSSR count). The largest absolute Gasteiger partial charge is 0.305 e. The topological polar surface area (TPSA) is 23.9 Å². The van der Waals surface area contributed by atoms with Crippen LogP contribution in [0.5, 0.6) is 0 Å². The lowest BCUT2D eigenvalue weighted by atomic mass is 9.89. The normalized spacial score (nSPS) is 11.2. The molecular formula is C32H57N. The summed E-state index contributed by atoms with van der Waals surface area (Å²) >= 11 is 0. The highest BCUT2D eigenvalue weighted by molar-refractivity contribution is 5.96. The standard InChI is InChI=1S/C14H25N.C9H12.C7H14.C2H6/c1-7-8-9-10(2)11(3)12(4)13(5)14(6)15;1-3-9-6-4-8(2)5-7-9;1-4-5-6-7(2)3;1-2/h10,15H,3,7-9H2,1-2,4-6H3;4-7H,3H2,1-2H3;2,4-6H2,1,3H3;1-2H3/b13-12-,15-14?;;;. The van der Waals surface area contributed by atoms with Crippen molar-refractivity contribution < 1.29 is 0 Å². The zero-order valence-electron chi connectivity index (χ0n) is 24.3. The summed E-state index contributed by atoms with van der Waals surface area (Å²) < 4.78 is 0. The molecule has 1 atom stereocenters. The molecule has 0 aliphatic rings. The summed E-state index contributed by atoms with van der Waals surface area (Å²) in [6.45, 7) is 30.9. The molecule has 0 amide bonds. The van der Waals surface area contributed by atoms with E-state index in [1.165, 1.54) is 66.4 Å². The molecule has 0 bridgehead atoms. The van der Waals surface area contributed by atoms with E-state index in [1.807, 2.05) is 27.7 Å². The Labute approximate surface area is 209 Å². The van der Waals surface area contributed by atoms with Crippen molar-refractivity contribution in [3.05, 3.63) is 70.8 Å². The van der Waals surface area contributed by atoms with Gasteiger partial charge < -0.3 is 5.41 Å². The predicted octanol–water partition coefficient (Wildman–Crippen LogP) is 11.1. The highest BCUT2D eigenvalue weighted by atomic mass is 14.4. The van der Waals surface area contributed by atoms with Crippen LogP contribution in [0.1, 0.15) is 119 Å². The smallest absolute Gasteiger partial charge is 0.0314 e.